The van der Waals surface area contributed by atoms with Crippen molar-refractivity contribution in [3.8, 4) is 0 Å². The van der Waals surface area contributed by atoms with Crippen molar-refractivity contribution >= 4 is 17.5 Å². The minimum Gasteiger partial charge on any atom is -0.355 e. The highest BCUT2D eigenvalue weighted by Gasteiger charge is 2.16. The summed E-state index contributed by atoms with van der Waals surface area (Å²) in [4.78, 5) is 23.9. The van der Waals surface area contributed by atoms with E-state index in [-0.39, 0.29) is 11.8 Å². The van der Waals surface area contributed by atoms with Crippen molar-refractivity contribution in [1.29, 1.82) is 0 Å². The van der Waals surface area contributed by atoms with Crippen molar-refractivity contribution < 1.29 is 9.59 Å². The first-order valence-electron chi connectivity index (χ1n) is 8.91. The monoisotopic (exact) mass is 336 g/mol. The molecule has 0 bridgehead atoms. The fourth-order valence-corrected chi connectivity index (χ4v) is 3.40. The minimum atomic E-state index is -0.142. The molecular formula is C21H24N2O2. The van der Waals surface area contributed by atoms with Gasteiger partial charge in [0.2, 0.25) is 0 Å². The topological polar surface area (TPSA) is 58.2 Å². The molecule has 2 aromatic rings. The van der Waals surface area contributed by atoms with Gasteiger partial charge in [-0.1, -0.05) is 31.4 Å². The quantitative estimate of drug-likeness (QED) is 0.872. The summed E-state index contributed by atoms with van der Waals surface area (Å²) in [5.74, 6) is 0.363. The number of benzene rings is 2. The van der Waals surface area contributed by atoms with E-state index in [2.05, 4.69) is 22.8 Å². The molecule has 0 aromatic heterocycles. The summed E-state index contributed by atoms with van der Waals surface area (Å²) >= 11 is 0. The standard InChI is InChI=1S/C21H24N2O2/c1-22-20(24)17-11-13-19(14-12-17)23-21(25)18-9-7-16(8-10-18)15-5-3-2-4-6-15/h7-15H,2-6H2,1H3,(H,22,24)(H,23,25). The second-order valence-electron chi connectivity index (χ2n) is 6.57. The van der Waals surface area contributed by atoms with Crippen LogP contribution in [0.15, 0.2) is 48.5 Å². The lowest BCUT2D eigenvalue weighted by Crippen LogP contribution is -2.17. The van der Waals surface area contributed by atoms with Crippen LogP contribution in [0.25, 0.3) is 0 Å². The molecule has 0 radical (unpaired) electrons. The molecule has 4 nitrogen and oxygen atoms in total. The maximum Gasteiger partial charge on any atom is 0.255 e. The van der Waals surface area contributed by atoms with E-state index in [0.29, 0.717) is 22.7 Å². The molecule has 0 saturated heterocycles. The van der Waals surface area contributed by atoms with Crippen LogP contribution in [0, 0.1) is 0 Å². The zero-order valence-electron chi connectivity index (χ0n) is 14.5. The Kier molecular flexibility index (Phi) is 5.49. The number of hydrogen-bond donors (Lipinski definition) is 2. The van der Waals surface area contributed by atoms with Gasteiger partial charge in [0, 0.05) is 23.9 Å². The Balaban J connectivity index is 1.63. The third kappa shape index (κ3) is 4.27. The van der Waals surface area contributed by atoms with Crippen LogP contribution in [-0.4, -0.2) is 18.9 Å². The average molecular weight is 336 g/mol. The SMILES string of the molecule is CNC(=O)c1ccc(NC(=O)c2ccc(C3CCCCC3)cc2)cc1. The summed E-state index contributed by atoms with van der Waals surface area (Å²) in [7, 11) is 1.59. The number of anilines is 1. The first-order valence-corrected chi connectivity index (χ1v) is 8.91. The maximum atomic E-state index is 12.4. The lowest BCUT2D eigenvalue weighted by Gasteiger charge is -2.22. The smallest absolute Gasteiger partial charge is 0.255 e. The predicted molar refractivity (Wildman–Crippen MR) is 100 cm³/mol. The van der Waals surface area contributed by atoms with Crippen molar-refractivity contribution in [3.63, 3.8) is 0 Å². The first-order chi connectivity index (χ1) is 12.2. The van der Waals surface area contributed by atoms with Gasteiger partial charge in [-0.15, -0.1) is 0 Å². The van der Waals surface area contributed by atoms with Gasteiger partial charge in [-0.25, -0.2) is 0 Å². The van der Waals surface area contributed by atoms with Crippen molar-refractivity contribution in [2.75, 3.05) is 12.4 Å². The van der Waals surface area contributed by atoms with E-state index in [9.17, 15) is 9.59 Å². The van der Waals surface area contributed by atoms with E-state index in [0.717, 1.165) is 0 Å². The summed E-state index contributed by atoms with van der Waals surface area (Å²) in [6.07, 6.45) is 6.46. The fourth-order valence-electron chi connectivity index (χ4n) is 3.40. The molecule has 3 rings (SSSR count). The van der Waals surface area contributed by atoms with Crippen LogP contribution in [0.5, 0.6) is 0 Å². The van der Waals surface area contributed by atoms with Crippen molar-refractivity contribution in [2.45, 2.75) is 38.0 Å². The van der Waals surface area contributed by atoms with E-state index in [1.165, 1.54) is 37.7 Å². The third-order valence-corrected chi connectivity index (χ3v) is 4.88. The summed E-state index contributed by atoms with van der Waals surface area (Å²) in [6, 6.07) is 14.8. The Morgan fingerprint density at radius 1 is 0.800 bits per heavy atom. The molecule has 0 spiro atoms. The van der Waals surface area contributed by atoms with Gasteiger partial charge in [-0.2, -0.15) is 0 Å². The fraction of sp³-hybridized carbons (Fsp3) is 0.333. The van der Waals surface area contributed by atoms with E-state index in [1.807, 2.05) is 12.1 Å². The number of carbonyl (C=O) groups is 2. The van der Waals surface area contributed by atoms with E-state index < -0.39 is 0 Å². The van der Waals surface area contributed by atoms with Crippen LogP contribution in [0.1, 0.15) is 64.3 Å². The van der Waals surface area contributed by atoms with E-state index in [1.54, 1.807) is 31.3 Å². The molecule has 0 unspecified atom stereocenters. The third-order valence-electron chi connectivity index (χ3n) is 4.88. The molecule has 1 saturated carbocycles. The highest BCUT2D eigenvalue weighted by Crippen LogP contribution is 2.32. The van der Waals surface area contributed by atoms with Crippen molar-refractivity contribution in [3.05, 3.63) is 65.2 Å². The first kappa shape index (κ1) is 17.2. The summed E-state index contributed by atoms with van der Waals surface area (Å²) in [5, 5.41) is 5.44. The van der Waals surface area contributed by atoms with Gasteiger partial charge in [0.05, 0.1) is 0 Å². The molecule has 2 amide bonds. The van der Waals surface area contributed by atoms with E-state index >= 15 is 0 Å². The second kappa shape index (κ2) is 7.97. The largest absolute Gasteiger partial charge is 0.355 e. The molecule has 2 N–H and O–H groups in total. The Hall–Kier alpha value is -2.62. The van der Waals surface area contributed by atoms with Crippen LogP contribution < -0.4 is 10.6 Å². The molecule has 1 aliphatic rings. The second-order valence-corrected chi connectivity index (χ2v) is 6.57. The lowest BCUT2D eigenvalue weighted by atomic mass is 9.84. The van der Waals surface area contributed by atoms with Crippen LogP contribution in [0.4, 0.5) is 5.69 Å². The van der Waals surface area contributed by atoms with Gasteiger partial charge in [0.15, 0.2) is 0 Å². The molecule has 0 aliphatic heterocycles. The molecule has 2 aromatic carbocycles. The molecule has 130 valence electrons. The zero-order valence-corrected chi connectivity index (χ0v) is 14.5. The number of rotatable bonds is 4. The van der Waals surface area contributed by atoms with Crippen molar-refractivity contribution in [1.82, 2.24) is 5.32 Å². The number of carbonyl (C=O) groups excluding carboxylic acids is 2. The molecule has 0 atom stereocenters. The molecule has 1 fully saturated rings. The van der Waals surface area contributed by atoms with Crippen LogP contribution in [0.2, 0.25) is 0 Å². The molecule has 0 heterocycles. The average Bonchev–Trinajstić information content (AvgIpc) is 2.68. The lowest BCUT2D eigenvalue weighted by molar-refractivity contribution is 0.0962. The Morgan fingerprint density at radius 3 is 1.96 bits per heavy atom. The Bertz CT molecular complexity index is 729. The van der Waals surface area contributed by atoms with Gasteiger partial charge in [0.1, 0.15) is 0 Å². The molecule has 25 heavy (non-hydrogen) atoms. The van der Waals surface area contributed by atoms with E-state index in [4.69, 9.17) is 0 Å². The highest BCUT2D eigenvalue weighted by molar-refractivity contribution is 6.04. The number of hydrogen-bond acceptors (Lipinski definition) is 2. The Morgan fingerprint density at radius 2 is 1.36 bits per heavy atom. The summed E-state index contributed by atoms with van der Waals surface area (Å²) in [6.45, 7) is 0. The van der Waals surface area contributed by atoms with Gasteiger partial charge >= 0.3 is 0 Å². The van der Waals surface area contributed by atoms with Crippen LogP contribution in [0.3, 0.4) is 0 Å². The van der Waals surface area contributed by atoms with Gasteiger partial charge < -0.3 is 10.6 Å². The highest BCUT2D eigenvalue weighted by atomic mass is 16.2. The van der Waals surface area contributed by atoms with Crippen LogP contribution >= 0.6 is 0 Å². The van der Waals surface area contributed by atoms with Gasteiger partial charge in [-0.05, 0) is 60.7 Å². The summed E-state index contributed by atoms with van der Waals surface area (Å²) in [5.41, 5.74) is 3.23. The normalized spacial score (nSPS) is 14.8. The molecule has 1 aliphatic carbocycles. The number of amides is 2. The van der Waals surface area contributed by atoms with Crippen molar-refractivity contribution in [2.24, 2.45) is 0 Å². The minimum absolute atomic E-state index is 0.136. The van der Waals surface area contributed by atoms with Gasteiger partial charge in [-0.3, -0.25) is 9.59 Å². The Labute approximate surface area is 148 Å². The number of nitrogens with one attached hydrogen (secondary N) is 2. The maximum absolute atomic E-state index is 12.4. The summed E-state index contributed by atoms with van der Waals surface area (Å²) < 4.78 is 0. The molecule has 4 heteroatoms. The zero-order chi connectivity index (χ0) is 17.6. The molecular weight excluding hydrogens is 312 g/mol. The van der Waals surface area contributed by atoms with Crippen LogP contribution in [-0.2, 0) is 0 Å². The van der Waals surface area contributed by atoms with Gasteiger partial charge in [0.25, 0.3) is 11.8 Å². The predicted octanol–water partition coefficient (Wildman–Crippen LogP) is 4.35.